The largest absolute Gasteiger partial charge is 0.457 e. The van der Waals surface area contributed by atoms with Gasteiger partial charge in [0.2, 0.25) is 0 Å². The van der Waals surface area contributed by atoms with Gasteiger partial charge >= 0.3 is 0 Å². The molecule has 668 valence electrons. The van der Waals surface area contributed by atoms with Crippen molar-refractivity contribution in [1.29, 1.82) is 0 Å². The SMILES string of the molecule is CC(C)(C)c1cc(-c2ccc3c(c2)N(c2ccccc2-c2ccc4c(c2)C2(c5ccccc5O4)c4ccccc4-c4ccccc42)c2cc(N4c5ccccc5C(c5ccccc5)(c5ccccc5)c5ccccc54)cc4c2B3c2ccc(-c3cc(C(C)(C)C)cc(C(C)(C)C)c3)cc2N4c2ccccc2-c2ccc3c(c2)C2(c4ccccc4O3)c3ccccc3-c3ccccc32)cc(C(C)(C)C)c1. The van der Waals surface area contributed by atoms with E-state index in [-0.39, 0.29) is 28.4 Å². The standard InChI is InChI=1S/C133H106BN3O2/c1-127(2,3)91-71-87(72-92(79-91)128(4,5)6)83-63-67-112-118(77-83)136(114-57-33-23-43-96(114)85-65-69-124-110(75-85)132(108-55-31-37-61-122(108)138-124)102-49-25-19-45-98(102)99-46-20-26-50-103(99)132)120-81-95(135-116-59-35-29-53-106(116)131(89-39-15-13-16-40-89,90-41-17-14-18-42-90)107-54-30-36-60-117(107)135)82-121-126(120)134(112)113-68-64-84(88-73-93(129(7,8)9)80-94(74-88)130(10,11)12)78-119(113)137(121)115-58-34-24-44-97(115)86-66-70-125-111(76-86)133(109-56-32-38-62-123(109)139-125)104-51-27-21-47-100(104)101-48-22-28-52-105(101)133/h13-82H,1-12H3. The summed E-state index contributed by atoms with van der Waals surface area (Å²) in [6.07, 6.45) is 0. The van der Waals surface area contributed by atoms with Crippen LogP contribution >= 0.6 is 0 Å². The van der Waals surface area contributed by atoms with E-state index in [2.05, 4.69) is 522 Å². The van der Waals surface area contributed by atoms with E-state index in [0.717, 1.165) is 130 Å². The Morgan fingerprint density at radius 1 is 0.194 bits per heavy atom. The van der Waals surface area contributed by atoms with Crippen LogP contribution < -0.4 is 40.6 Å². The summed E-state index contributed by atoms with van der Waals surface area (Å²) in [7, 11) is 0. The van der Waals surface area contributed by atoms with E-state index >= 15 is 0 Å². The first-order valence-electron chi connectivity index (χ1n) is 49.4. The molecule has 19 aromatic carbocycles. The zero-order valence-corrected chi connectivity index (χ0v) is 80.7. The molecule has 0 bridgehead atoms. The molecule has 5 nitrogen and oxygen atoms in total. The lowest BCUT2D eigenvalue weighted by Crippen LogP contribution is -2.61. The van der Waals surface area contributed by atoms with Gasteiger partial charge in [-0.3, -0.25) is 0 Å². The van der Waals surface area contributed by atoms with Crippen LogP contribution in [0.5, 0.6) is 23.0 Å². The summed E-state index contributed by atoms with van der Waals surface area (Å²) in [4.78, 5) is 8.04. The van der Waals surface area contributed by atoms with Crippen LogP contribution in [0.3, 0.4) is 0 Å². The second-order valence-electron chi connectivity index (χ2n) is 43.3. The first kappa shape index (κ1) is 83.8. The van der Waals surface area contributed by atoms with E-state index in [1.807, 2.05) is 0 Å². The molecule has 0 fully saturated rings. The van der Waals surface area contributed by atoms with Crippen LogP contribution in [-0.4, -0.2) is 6.71 Å². The van der Waals surface area contributed by atoms with Crippen LogP contribution in [-0.2, 0) is 37.9 Å². The van der Waals surface area contributed by atoms with E-state index in [1.165, 1.54) is 117 Å². The van der Waals surface area contributed by atoms with Crippen molar-refractivity contribution in [2.24, 2.45) is 0 Å². The number of hydrogen-bond donors (Lipinski definition) is 0. The minimum atomic E-state index is -0.763. The van der Waals surface area contributed by atoms with Crippen LogP contribution in [0.2, 0.25) is 0 Å². The summed E-state index contributed by atoms with van der Waals surface area (Å²) in [5.74, 6) is 3.39. The van der Waals surface area contributed by atoms with Gasteiger partial charge in [0.15, 0.2) is 0 Å². The molecule has 26 rings (SSSR count). The van der Waals surface area contributed by atoms with Crippen molar-refractivity contribution in [3.05, 3.63) is 514 Å². The number of hydrogen-bond acceptors (Lipinski definition) is 5. The fourth-order valence-electron chi connectivity index (χ4n) is 24.9. The number of fused-ring (bicyclic) bond motifs is 24. The zero-order valence-electron chi connectivity index (χ0n) is 80.7. The summed E-state index contributed by atoms with van der Waals surface area (Å²) >= 11 is 0. The molecule has 0 atom stereocenters. The summed E-state index contributed by atoms with van der Waals surface area (Å²) < 4.78 is 14.6. The Balaban J connectivity index is 0.796. The average Bonchev–Trinajstić information content (AvgIpc) is 1.49. The Morgan fingerprint density at radius 2 is 0.489 bits per heavy atom. The Bertz CT molecular complexity index is 7720. The lowest BCUT2D eigenvalue weighted by atomic mass is 9.33. The molecule has 7 aliphatic rings. The number of anilines is 9. The molecule has 0 aromatic heterocycles. The first-order chi connectivity index (χ1) is 67.4. The smallest absolute Gasteiger partial charge is 0.252 e. The lowest BCUT2D eigenvalue weighted by Gasteiger charge is -2.48. The number of para-hydroxylation sites is 6. The van der Waals surface area contributed by atoms with Crippen molar-refractivity contribution in [3.63, 3.8) is 0 Å². The van der Waals surface area contributed by atoms with Crippen LogP contribution in [0.1, 0.15) is 172 Å². The van der Waals surface area contributed by atoms with Gasteiger partial charge in [-0.1, -0.05) is 423 Å². The zero-order chi connectivity index (χ0) is 94.1. The molecule has 2 aliphatic carbocycles. The van der Waals surface area contributed by atoms with E-state index in [4.69, 9.17) is 9.47 Å². The molecule has 0 saturated carbocycles. The Morgan fingerprint density at radius 3 is 0.849 bits per heavy atom. The lowest BCUT2D eigenvalue weighted by molar-refractivity contribution is 0.436. The second kappa shape index (κ2) is 30.6. The van der Waals surface area contributed by atoms with Crippen molar-refractivity contribution in [3.8, 4) is 89.8 Å². The molecule has 5 aliphatic heterocycles. The van der Waals surface area contributed by atoms with Gasteiger partial charge in [-0.2, -0.15) is 0 Å². The molecule has 19 aromatic rings. The minimum absolute atomic E-state index is 0.160. The maximum Gasteiger partial charge on any atom is 0.252 e. The third-order valence-electron chi connectivity index (χ3n) is 31.4. The van der Waals surface area contributed by atoms with Crippen molar-refractivity contribution in [1.82, 2.24) is 0 Å². The van der Waals surface area contributed by atoms with Crippen molar-refractivity contribution in [2.75, 3.05) is 14.7 Å². The molecule has 0 N–H and O–H groups in total. The third kappa shape index (κ3) is 12.4. The van der Waals surface area contributed by atoms with E-state index < -0.39 is 16.2 Å². The Labute approximate surface area is 817 Å². The Kier molecular flexibility index (Phi) is 18.5. The van der Waals surface area contributed by atoms with E-state index in [0.29, 0.717) is 0 Å². The topological polar surface area (TPSA) is 28.2 Å². The van der Waals surface area contributed by atoms with Gasteiger partial charge in [-0.25, -0.2) is 0 Å². The summed E-state index contributed by atoms with van der Waals surface area (Å²) in [5, 5.41) is 0. The fourth-order valence-corrected chi connectivity index (χ4v) is 24.9. The predicted molar refractivity (Wildman–Crippen MR) is 578 cm³/mol. The highest BCUT2D eigenvalue weighted by atomic mass is 16.5. The van der Waals surface area contributed by atoms with Crippen LogP contribution in [0.15, 0.2) is 425 Å². The summed E-state index contributed by atoms with van der Waals surface area (Å²) in [6.45, 7) is 28.0. The number of ether oxygens (including phenoxy) is 2. The molecular formula is C133H106BN3O2. The van der Waals surface area contributed by atoms with Gasteiger partial charge < -0.3 is 24.2 Å². The highest BCUT2D eigenvalue weighted by Gasteiger charge is 2.55. The molecule has 6 heteroatoms. The normalized spacial score (nSPS) is 14.7. The number of benzene rings is 19. The van der Waals surface area contributed by atoms with E-state index in [1.54, 1.807) is 0 Å². The van der Waals surface area contributed by atoms with Crippen LogP contribution in [0, 0.1) is 0 Å². The third-order valence-corrected chi connectivity index (χ3v) is 31.4. The van der Waals surface area contributed by atoms with Crippen LogP contribution in [0.4, 0.5) is 51.2 Å². The summed E-state index contributed by atoms with van der Waals surface area (Å²) in [6, 6.07) is 163. The van der Waals surface area contributed by atoms with Gasteiger partial charge in [-0.15, -0.1) is 0 Å². The van der Waals surface area contributed by atoms with Gasteiger partial charge in [-0.05, 0) is 245 Å². The van der Waals surface area contributed by atoms with Crippen molar-refractivity contribution >= 4 is 74.3 Å². The highest BCUT2D eigenvalue weighted by Crippen LogP contribution is 2.67. The quantitative estimate of drug-likeness (QED) is 0.134. The van der Waals surface area contributed by atoms with Gasteiger partial charge in [0.05, 0.1) is 44.7 Å². The molecular weight excluding hydrogens is 1680 g/mol. The monoisotopic (exact) mass is 1790 g/mol. The average molecular weight is 1790 g/mol. The molecule has 0 radical (unpaired) electrons. The highest BCUT2D eigenvalue weighted by molar-refractivity contribution is 7.00. The molecule has 0 amide bonds. The molecule has 5 heterocycles. The second-order valence-corrected chi connectivity index (χ2v) is 43.3. The van der Waals surface area contributed by atoms with Crippen molar-refractivity contribution in [2.45, 2.75) is 121 Å². The molecule has 0 saturated heterocycles. The maximum atomic E-state index is 7.31. The molecule has 139 heavy (non-hydrogen) atoms. The predicted octanol–water partition coefficient (Wildman–Crippen LogP) is 32.7. The maximum absolute atomic E-state index is 7.31. The summed E-state index contributed by atoms with van der Waals surface area (Å²) in [5.41, 5.74) is 43.5. The number of nitrogens with zero attached hydrogens (tertiary/aromatic N) is 3. The number of rotatable bonds is 9. The van der Waals surface area contributed by atoms with Crippen LogP contribution in [0.25, 0.3) is 66.8 Å². The van der Waals surface area contributed by atoms with E-state index in [9.17, 15) is 0 Å². The molecule has 0 unspecified atom stereocenters. The van der Waals surface area contributed by atoms with Gasteiger partial charge in [0.25, 0.3) is 6.71 Å². The fraction of sp³-hybridized carbons (Fsp3) is 0.143. The van der Waals surface area contributed by atoms with Gasteiger partial charge in [0, 0.05) is 56.1 Å². The minimum Gasteiger partial charge on any atom is -0.457 e. The van der Waals surface area contributed by atoms with Gasteiger partial charge in [0.1, 0.15) is 23.0 Å². The van der Waals surface area contributed by atoms with Crippen molar-refractivity contribution < 1.29 is 9.47 Å². The first-order valence-corrected chi connectivity index (χ1v) is 49.4. The Hall–Kier alpha value is -15.8. The molecule has 2 spiro atoms.